The number of halogens is 2. The molecule has 0 saturated carbocycles. The van der Waals surface area contributed by atoms with E-state index in [4.69, 9.17) is 11.6 Å². The summed E-state index contributed by atoms with van der Waals surface area (Å²) in [6.45, 7) is 3.69. The number of hydrogen-bond acceptors (Lipinski definition) is 0. The van der Waals surface area contributed by atoms with Crippen LogP contribution in [0.25, 0.3) is 0 Å². The van der Waals surface area contributed by atoms with Crippen LogP contribution in [0, 0.1) is 6.92 Å². The zero-order chi connectivity index (χ0) is 5.98. The molecular formula is C7H6Cl2Zn. The van der Waals surface area contributed by atoms with E-state index >= 15 is 0 Å². The normalized spacial score (nSPS) is 7.30. The Balaban J connectivity index is 0. The molecule has 3 heteroatoms. The van der Waals surface area contributed by atoms with Crippen LogP contribution >= 0.6 is 11.6 Å². The van der Waals surface area contributed by atoms with Crippen molar-refractivity contribution in [1.29, 1.82) is 0 Å². The quantitative estimate of drug-likeness (QED) is 0.414. The van der Waals surface area contributed by atoms with Crippen LogP contribution in [0.2, 0.25) is 5.02 Å². The van der Waals surface area contributed by atoms with Gasteiger partial charge in [0.2, 0.25) is 0 Å². The van der Waals surface area contributed by atoms with Gasteiger partial charge in [0, 0.05) is 0 Å². The second-order valence-electron chi connectivity index (χ2n) is 1.59. The van der Waals surface area contributed by atoms with Gasteiger partial charge in [0.1, 0.15) is 0 Å². The largest absolute Gasteiger partial charge is 2.00 e. The van der Waals surface area contributed by atoms with E-state index in [1.807, 2.05) is 24.3 Å². The van der Waals surface area contributed by atoms with Gasteiger partial charge in [-0.1, -0.05) is 11.1 Å². The molecule has 0 amide bonds. The van der Waals surface area contributed by atoms with Gasteiger partial charge in [-0.15, -0.1) is 12.1 Å². The second-order valence-corrected chi connectivity index (χ2v) is 2.00. The summed E-state index contributed by atoms with van der Waals surface area (Å²) in [6, 6.07) is 7.50. The van der Waals surface area contributed by atoms with Crippen molar-refractivity contribution < 1.29 is 31.9 Å². The molecule has 0 fully saturated rings. The Morgan fingerprint density at radius 3 is 2.00 bits per heavy atom. The molecule has 0 bridgehead atoms. The van der Waals surface area contributed by atoms with Crippen molar-refractivity contribution >= 4 is 11.6 Å². The molecule has 0 N–H and O–H groups in total. The van der Waals surface area contributed by atoms with Crippen molar-refractivity contribution in [3.8, 4) is 0 Å². The molecule has 1 rings (SSSR count). The molecule has 0 nitrogen and oxygen atoms in total. The maximum atomic E-state index is 5.65. The summed E-state index contributed by atoms with van der Waals surface area (Å²) < 4.78 is 0. The van der Waals surface area contributed by atoms with E-state index in [2.05, 4.69) is 6.92 Å². The maximum absolute atomic E-state index is 5.65. The van der Waals surface area contributed by atoms with Crippen LogP contribution in [-0.4, -0.2) is 0 Å². The first-order valence-corrected chi connectivity index (χ1v) is 2.75. The van der Waals surface area contributed by atoms with Gasteiger partial charge in [0.15, 0.2) is 0 Å². The van der Waals surface area contributed by atoms with Crippen molar-refractivity contribution in [2.45, 2.75) is 0 Å². The summed E-state index contributed by atoms with van der Waals surface area (Å²) in [5.74, 6) is 0. The van der Waals surface area contributed by atoms with Gasteiger partial charge in [-0.05, 0) is 0 Å². The predicted molar refractivity (Wildman–Crippen MR) is 35.9 cm³/mol. The second kappa shape index (κ2) is 6.03. The fraction of sp³-hybridized carbons (Fsp3) is 0. The third-order valence-electron chi connectivity index (χ3n) is 0.958. The molecule has 0 radical (unpaired) electrons. The van der Waals surface area contributed by atoms with Crippen LogP contribution in [0.15, 0.2) is 24.3 Å². The van der Waals surface area contributed by atoms with Gasteiger partial charge in [0.25, 0.3) is 0 Å². The molecule has 0 atom stereocenters. The molecule has 0 heterocycles. The zero-order valence-electron chi connectivity index (χ0n) is 5.48. The molecule has 0 unspecified atom stereocenters. The van der Waals surface area contributed by atoms with Crippen molar-refractivity contribution in [3.63, 3.8) is 0 Å². The van der Waals surface area contributed by atoms with Crippen LogP contribution in [0.1, 0.15) is 5.56 Å². The van der Waals surface area contributed by atoms with E-state index in [0.717, 1.165) is 10.6 Å². The summed E-state index contributed by atoms with van der Waals surface area (Å²) in [7, 11) is 0. The van der Waals surface area contributed by atoms with E-state index in [1.165, 1.54) is 0 Å². The molecule has 10 heavy (non-hydrogen) atoms. The molecule has 0 aliphatic heterocycles. The van der Waals surface area contributed by atoms with Crippen LogP contribution < -0.4 is 12.4 Å². The van der Waals surface area contributed by atoms with Crippen LogP contribution in [0.4, 0.5) is 0 Å². The monoisotopic (exact) mass is 224 g/mol. The van der Waals surface area contributed by atoms with Crippen molar-refractivity contribution in [1.82, 2.24) is 0 Å². The average Bonchev–Trinajstić information content (AvgIpc) is 1.77. The van der Waals surface area contributed by atoms with Crippen molar-refractivity contribution in [2.24, 2.45) is 0 Å². The number of hydrogen-bond donors (Lipinski definition) is 0. The number of benzene rings is 1. The summed E-state index contributed by atoms with van der Waals surface area (Å²) >= 11 is 5.65. The van der Waals surface area contributed by atoms with Gasteiger partial charge in [-0.3, -0.25) is 0 Å². The van der Waals surface area contributed by atoms with E-state index in [0.29, 0.717) is 0 Å². The van der Waals surface area contributed by atoms with Crippen molar-refractivity contribution in [2.75, 3.05) is 0 Å². The molecule has 0 spiro atoms. The topological polar surface area (TPSA) is 0 Å². The smallest absolute Gasteiger partial charge is 1.00 e. The van der Waals surface area contributed by atoms with E-state index in [1.54, 1.807) is 0 Å². The Bertz CT molecular complexity index is 168. The minimum atomic E-state index is 0. The molecular weight excluding hydrogens is 220 g/mol. The third-order valence-corrected chi connectivity index (χ3v) is 1.33. The van der Waals surface area contributed by atoms with Crippen LogP contribution in [0.5, 0.6) is 0 Å². The fourth-order valence-electron chi connectivity index (χ4n) is 0.498. The minimum absolute atomic E-state index is 0. The molecule has 0 aromatic heterocycles. The van der Waals surface area contributed by atoms with Crippen LogP contribution in [0.3, 0.4) is 0 Å². The number of rotatable bonds is 0. The van der Waals surface area contributed by atoms with E-state index in [9.17, 15) is 0 Å². The van der Waals surface area contributed by atoms with E-state index in [-0.39, 0.29) is 31.9 Å². The molecule has 50 valence electrons. The summed E-state index contributed by atoms with van der Waals surface area (Å²) in [5, 5.41) is 0.729. The molecule has 0 saturated heterocycles. The standard InChI is InChI=1S/C7H6Cl.ClH.Zn/c1-6-4-2-3-5-7(6)8;;/h2-5H,1H2;1H;/q-1;;+2/p-1. The molecule has 1 aromatic rings. The van der Waals surface area contributed by atoms with Gasteiger partial charge in [-0.2, -0.15) is 30.2 Å². The third kappa shape index (κ3) is 3.46. The van der Waals surface area contributed by atoms with Gasteiger partial charge in [-0.25, -0.2) is 0 Å². The predicted octanol–water partition coefficient (Wildman–Crippen LogP) is -0.476. The molecule has 0 aliphatic carbocycles. The Kier molecular flexibility index (Phi) is 7.80. The Labute approximate surface area is 85.1 Å². The Hall–Kier alpha value is 0.293. The average molecular weight is 226 g/mol. The van der Waals surface area contributed by atoms with Gasteiger partial charge >= 0.3 is 19.5 Å². The van der Waals surface area contributed by atoms with Crippen LogP contribution in [-0.2, 0) is 19.5 Å². The summed E-state index contributed by atoms with van der Waals surface area (Å²) in [4.78, 5) is 0. The first-order valence-electron chi connectivity index (χ1n) is 2.37. The zero-order valence-corrected chi connectivity index (χ0v) is 9.96. The fourth-order valence-corrected chi connectivity index (χ4v) is 0.634. The first kappa shape index (κ1) is 12.9. The Morgan fingerprint density at radius 2 is 1.70 bits per heavy atom. The summed E-state index contributed by atoms with van der Waals surface area (Å²) in [6.07, 6.45) is 0. The Morgan fingerprint density at radius 1 is 1.20 bits per heavy atom. The maximum Gasteiger partial charge on any atom is 2.00 e. The SMILES string of the molecule is [CH2-]c1ccccc1Cl.[Cl-].[Zn+2]. The van der Waals surface area contributed by atoms with Gasteiger partial charge in [0.05, 0.1) is 0 Å². The first-order chi connectivity index (χ1) is 3.80. The molecule has 0 aliphatic rings. The molecule has 1 aromatic carbocycles. The minimum Gasteiger partial charge on any atom is -1.00 e. The van der Waals surface area contributed by atoms with Crippen molar-refractivity contribution in [3.05, 3.63) is 41.8 Å². The van der Waals surface area contributed by atoms with E-state index < -0.39 is 0 Å². The van der Waals surface area contributed by atoms with Gasteiger partial charge < -0.3 is 12.4 Å². The summed E-state index contributed by atoms with van der Waals surface area (Å²) in [5.41, 5.74) is 0.883.